The molecule has 24 heavy (non-hydrogen) atoms. The standard InChI is InChI=1S/C17H19F3N2O2/c1-11-15(9-22(2)14-7-8-23-10-14)21-16(24-11)12-3-5-13(6-4-12)17(18,19)20/h3-6,14H,7-10H2,1-2H3/t14-/m0/s1. The minimum absolute atomic E-state index is 0.340. The minimum Gasteiger partial charge on any atom is -0.441 e. The maximum Gasteiger partial charge on any atom is 0.416 e. The molecule has 0 amide bonds. The van der Waals surface area contributed by atoms with Gasteiger partial charge in [0, 0.05) is 24.8 Å². The first-order valence-corrected chi connectivity index (χ1v) is 7.76. The summed E-state index contributed by atoms with van der Waals surface area (Å²) in [5.41, 5.74) is 0.638. The number of likely N-dealkylation sites (N-methyl/N-ethyl adjacent to an activating group) is 1. The van der Waals surface area contributed by atoms with E-state index in [2.05, 4.69) is 9.88 Å². The normalized spacial score (nSPS) is 18.5. The maximum absolute atomic E-state index is 12.6. The highest BCUT2D eigenvalue weighted by Crippen LogP contribution is 2.31. The van der Waals surface area contributed by atoms with Crippen molar-refractivity contribution in [2.45, 2.75) is 32.1 Å². The highest BCUT2D eigenvalue weighted by molar-refractivity contribution is 5.54. The molecule has 0 N–H and O–H groups in total. The Balaban J connectivity index is 1.75. The third-order valence-corrected chi connectivity index (χ3v) is 4.28. The van der Waals surface area contributed by atoms with Crippen molar-refractivity contribution in [2.24, 2.45) is 0 Å². The van der Waals surface area contributed by atoms with E-state index < -0.39 is 11.7 Å². The van der Waals surface area contributed by atoms with E-state index in [9.17, 15) is 13.2 Å². The SMILES string of the molecule is Cc1oc(-c2ccc(C(F)(F)F)cc2)nc1CN(C)[C@H]1CCOC1. The van der Waals surface area contributed by atoms with Gasteiger partial charge in [0.25, 0.3) is 0 Å². The number of aryl methyl sites for hydroxylation is 1. The van der Waals surface area contributed by atoms with Gasteiger partial charge in [-0.05, 0) is 44.7 Å². The molecule has 0 unspecified atom stereocenters. The first kappa shape index (κ1) is 17.0. The Labute approximate surface area is 138 Å². The lowest BCUT2D eigenvalue weighted by Crippen LogP contribution is -2.31. The van der Waals surface area contributed by atoms with Crippen LogP contribution in [0.1, 0.15) is 23.4 Å². The van der Waals surface area contributed by atoms with Gasteiger partial charge in [-0.2, -0.15) is 13.2 Å². The molecule has 0 spiro atoms. The number of ether oxygens (including phenoxy) is 1. The van der Waals surface area contributed by atoms with E-state index in [1.54, 1.807) is 0 Å². The molecule has 2 aromatic rings. The van der Waals surface area contributed by atoms with E-state index in [0.717, 1.165) is 30.9 Å². The molecule has 1 fully saturated rings. The first-order chi connectivity index (χ1) is 11.3. The second kappa shape index (κ2) is 6.57. The fourth-order valence-electron chi connectivity index (χ4n) is 2.74. The maximum atomic E-state index is 12.6. The summed E-state index contributed by atoms with van der Waals surface area (Å²) < 4.78 is 48.9. The number of benzene rings is 1. The Morgan fingerprint density at radius 3 is 2.54 bits per heavy atom. The van der Waals surface area contributed by atoms with Crippen LogP contribution in [0.4, 0.5) is 13.2 Å². The molecule has 0 bridgehead atoms. The van der Waals surface area contributed by atoms with Crippen molar-refractivity contribution in [3.05, 3.63) is 41.3 Å². The molecule has 130 valence electrons. The molecule has 1 aromatic heterocycles. The second-order valence-corrected chi connectivity index (χ2v) is 6.03. The number of halogens is 3. The highest BCUT2D eigenvalue weighted by Gasteiger charge is 2.30. The van der Waals surface area contributed by atoms with E-state index in [1.807, 2.05) is 14.0 Å². The second-order valence-electron chi connectivity index (χ2n) is 6.03. The van der Waals surface area contributed by atoms with Crippen LogP contribution in [0.15, 0.2) is 28.7 Å². The number of hydrogen-bond acceptors (Lipinski definition) is 4. The molecule has 7 heteroatoms. The molecule has 1 saturated heterocycles. The van der Waals surface area contributed by atoms with Gasteiger partial charge in [0.2, 0.25) is 5.89 Å². The van der Waals surface area contributed by atoms with E-state index in [0.29, 0.717) is 36.4 Å². The van der Waals surface area contributed by atoms with Gasteiger partial charge in [0.1, 0.15) is 5.76 Å². The van der Waals surface area contributed by atoms with Crippen LogP contribution in [0.25, 0.3) is 11.5 Å². The molecule has 1 aromatic carbocycles. The van der Waals surface area contributed by atoms with Gasteiger partial charge < -0.3 is 9.15 Å². The molecular formula is C17H19F3N2O2. The zero-order valence-electron chi connectivity index (χ0n) is 13.6. The van der Waals surface area contributed by atoms with Crippen LogP contribution in [0.5, 0.6) is 0 Å². The predicted molar refractivity (Wildman–Crippen MR) is 82.4 cm³/mol. The monoisotopic (exact) mass is 340 g/mol. The average molecular weight is 340 g/mol. The Hall–Kier alpha value is -1.86. The summed E-state index contributed by atoms with van der Waals surface area (Å²) in [6, 6.07) is 5.20. The Morgan fingerprint density at radius 2 is 1.96 bits per heavy atom. The van der Waals surface area contributed by atoms with E-state index in [-0.39, 0.29) is 0 Å². The summed E-state index contributed by atoms with van der Waals surface area (Å²) in [4.78, 5) is 6.61. The molecule has 2 heterocycles. The van der Waals surface area contributed by atoms with Crippen LogP contribution in [0, 0.1) is 6.92 Å². The van der Waals surface area contributed by atoms with Crippen LogP contribution < -0.4 is 0 Å². The number of rotatable bonds is 4. The van der Waals surface area contributed by atoms with Crippen molar-refractivity contribution < 1.29 is 22.3 Å². The number of alkyl halides is 3. The average Bonchev–Trinajstić information content (AvgIpc) is 3.17. The molecule has 3 rings (SSSR count). The largest absolute Gasteiger partial charge is 0.441 e. The van der Waals surface area contributed by atoms with Crippen molar-refractivity contribution in [1.82, 2.24) is 9.88 Å². The Morgan fingerprint density at radius 1 is 1.25 bits per heavy atom. The number of nitrogens with zero attached hydrogens (tertiary/aromatic N) is 2. The highest BCUT2D eigenvalue weighted by atomic mass is 19.4. The van der Waals surface area contributed by atoms with E-state index in [4.69, 9.17) is 9.15 Å². The fourth-order valence-corrected chi connectivity index (χ4v) is 2.74. The fraction of sp³-hybridized carbons (Fsp3) is 0.471. The number of aromatic nitrogens is 1. The van der Waals surface area contributed by atoms with Crippen LogP contribution in [0.2, 0.25) is 0 Å². The summed E-state index contributed by atoms with van der Waals surface area (Å²) >= 11 is 0. The van der Waals surface area contributed by atoms with Gasteiger partial charge in [0.05, 0.1) is 17.9 Å². The van der Waals surface area contributed by atoms with E-state index in [1.165, 1.54) is 12.1 Å². The number of oxazole rings is 1. The summed E-state index contributed by atoms with van der Waals surface area (Å²) in [6.45, 7) is 3.90. The van der Waals surface area contributed by atoms with Gasteiger partial charge in [-0.3, -0.25) is 4.90 Å². The zero-order valence-corrected chi connectivity index (χ0v) is 13.6. The molecule has 1 aliphatic heterocycles. The van der Waals surface area contributed by atoms with Crippen molar-refractivity contribution in [3.8, 4) is 11.5 Å². The third-order valence-electron chi connectivity index (χ3n) is 4.28. The van der Waals surface area contributed by atoms with Crippen LogP contribution >= 0.6 is 0 Å². The van der Waals surface area contributed by atoms with Gasteiger partial charge in [0.15, 0.2) is 0 Å². The van der Waals surface area contributed by atoms with Gasteiger partial charge in [-0.1, -0.05) is 0 Å². The first-order valence-electron chi connectivity index (χ1n) is 7.76. The molecule has 0 radical (unpaired) electrons. The third kappa shape index (κ3) is 3.62. The van der Waals surface area contributed by atoms with Crippen LogP contribution in [-0.4, -0.2) is 36.2 Å². The van der Waals surface area contributed by atoms with Crippen molar-refractivity contribution in [3.63, 3.8) is 0 Å². The summed E-state index contributed by atoms with van der Waals surface area (Å²) in [7, 11) is 2.01. The van der Waals surface area contributed by atoms with Crippen molar-refractivity contribution in [2.75, 3.05) is 20.3 Å². The molecular weight excluding hydrogens is 321 g/mol. The smallest absolute Gasteiger partial charge is 0.416 e. The predicted octanol–water partition coefficient (Wildman–Crippen LogP) is 3.89. The lowest BCUT2D eigenvalue weighted by molar-refractivity contribution is -0.137. The Bertz CT molecular complexity index is 689. The minimum atomic E-state index is -4.34. The summed E-state index contributed by atoms with van der Waals surface area (Å²) in [5, 5.41) is 0. The lowest BCUT2D eigenvalue weighted by Gasteiger charge is -2.21. The molecule has 0 saturated carbocycles. The van der Waals surface area contributed by atoms with Crippen LogP contribution in [-0.2, 0) is 17.5 Å². The number of hydrogen-bond donors (Lipinski definition) is 0. The zero-order chi connectivity index (χ0) is 17.3. The van der Waals surface area contributed by atoms with E-state index >= 15 is 0 Å². The quantitative estimate of drug-likeness (QED) is 0.846. The van der Waals surface area contributed by atoms with Crippen molar-refractivity contribution in [1.29, 1.82) is 0 Å². The Kier molecular flexibility index (Phi) is 4.64. The van der Waals surface area contributed by atoms with Gasteiger partial charge in [-0.25, -0.2) is 4.98 Å². The van der Waals surface area contributed by atoms with Crippen LogP contribution in [0.3, 0.4) is 0 Å². The topological polar surface area (TPSA) is 38.5 Å². The molecule has 1 aliphatic rings. The summed E-state index contributed by atoms with van der Waals surface area (Å²) in [5.74, 6) is 1.02. The molecule has 0 aliphatic carbocycles. The molecule has 4 nitrogen and oxygen atoms in total. The lowest BCUT2D eigenvalue weighted by atomic mass is 10.1. The van der Waals surface area contributed by atoms with Crippen molar-refractivity contribution >= 4 is 0 Å². The summed E-state index contributed by atoms with van der Waals surface area (Å²) in [6.07, 6.45) is -3.36. The van der Waals surface area contributed by atoms with Gasteiger partial charge >= 0.3 is 6.18 Å². The molecule has 1 atom stereocenters. The van der Waals surface area contributed by atoms with Gasteiger partial charge in [-0.15, -0.1) is 0 Å².